The van der Waals surface area contributed by atoms with Gasteiger partial charge in [0, 0.05) is 12.6 Å². The first-order valence-corrected chi connectivity index (χ1v) is 9.15. The van der Waals surface area contributed by atoms with Crippen LogP contribution in [0.1, 0.15) is 12.5 Å². The van der Waals surface area contributed by atoms with Crippen LogP contribution in [0.25, 0.3) is 0 Å². The van der Waals surface area contributed by atoms with Crippen molar-refractivity contribution in [1.29, 1.82) is 0 Å². The van der Waals surface area contributed by atoms with Gasteiger partial charge in [0.1, 0.15) is 6.54 Å². The molecule has 0 radical (unpaired) electrons. The van der Waals surface area contributed by atoms with E-state index in [2.05, 4.69) is 5.32 Å². The summed E-state index contributed by atoms with van der Waals surface area (Å²) in [4.78, 5) is 22.8. The molecule has 0 unspecified atom stereocenters. The lowest BCUT2D eigenvalue weighted by Crippen LogP contribution is -2.43. The minimum Gasteiger partial charge on any atom is -0.326 e. The van der Waals surface area contributed by atoms with Crippen LogP contribution in [0.4, 0.5) is 11.4 Å². The third kappa shape index (κ3) is 4.38. The molecule has 0 aromatic heterocycles. The zero-order valence-electron chi connectivity index (χ0n) is 14.4. The number of anilines is 2. The average molecular weight is 376 g/mol. The molecule has 2 aromatic carbocycles. The summed E-state index contributed by atoms with van der Waals surface area (Å²) in [6.07, 6.45) is 0. The highest BCUT2D eigenvalue weighted by Crippen LogP contribution is 2.27. The number of nitrogens with zero attached hydrogens (tertiary/aromatic N) is 1. The van der Waals surface area contributed by atoms with Crippen molar-refractivity contribution in [3.8, 4) is 0 Å². The maximum atomic E-state index is 13.1. The summed E-state index contributed by atoms with van der Waals surface area (Å²) in [5, 5.41) is 2.57. The van der Waals surface area contributed by atoms with E-state index in [1.165, 1.54) is 31.2 Å². The molecule has 138 valence electrons. The molecule has 0 fully saturated rings. The Morgan fingerprint density at radius 1 is 1.08 bits per heavy atom. The molecule has 0 saturated carbocycles. The minimum absolute atomic E-state index is 0.0142. The monoisotopic (exact) mass is 376 g/mol. The Bertz CT molecular complexity index is 911. The van der Waals surface area contributed by atoms with Crippen LogP contribution in [0.5, 0.6) is 0 Å². The number of carbonyl (C=O) groups excluding carboxylic acids is 2. The summed E-state index contributed by atoms with van der Waals surface area (Å²) >= 11 is 0. The number of rotatable bonds is 6. The van der Waals surface area contributed by atoms with Crippen molar-refractivity contribution in [3.63, 3.8) is 0 Å². The third-order valence-electron chi connectivity index (χ3n) is 3.60. The predicted octanol–water partition coefficient (Wildman–Crippen LogP) is 1.14. The zero-order chi connectivity index (χ0) is 19.3. The number of nitrogens with one attached hydrogen (secondary N) is 2. The lowest BCUT2D eigenvalue weighted by molar-refractivity contribution is -0.119. The molecule has 2 aromatic rings. The molecule has 0 aliphatic rings. The maximum absolute atomic E-state index is 13.1. The van der Waals surface area contributed by atoms with E-state index in [0.717, 1.165) is 4.31 Å². The Hall–Kier alpha value is -2.91. The number of aryl methyl sites for hydroxylation is 1. The molecule has 0 heterocycles. The standard InChI is InChI=1S/C17H20N4O4S/c1-12-5-3-4-6-16(12)21(11-17(23)20-18)26(24,25)15-9-7-14(8-10-15)19-13(2)22/h3-10H,11,18H2,1-2H3,(H,19,22)(H,20,23). The third-order valence-corrected chi connectivity index (χ3v) is 5.37. The fourth-order valence-corrected chi connectivity index (χ4v) is 3.85. The summed E-state index contributed by atoms with van der Waals surface area (Å²) in [7, 11) is -4.02. The highest BCUT2D eigenvalue weighted by Gasteiger charge is 2.28. The Morgan fingerprint density at radius 3 is 2.23 bits per heavy atom. The van der Waals surface area contributed by atoms with Gasteiger partial charge in [0.15, 0.2) is 0 Å². The van der Waals surface area contributed by atoms with Crippen LogP contribution < -0.4 is 20.9 Å². The second-order valence-electron chi connectivity index (χ2n) is 5.57. The Morgan fingerprint density at radius 2 is 1.69 bits per heavy atom. The van der Waals surface area contributed by atoms with Gasteiger partial charge in [0.25, 0.3) is 15.9 Å². The molecular weight excluding hydrogens is 356 g/mol. The number of amides is 2. The van der Waals surface area contributed by atoms with Crippen molar-refractivity contribution in [2.75, 3.05) is 16.2 Å². The normalized spacial score (nSPS) is 10.9. The zero-order valence-corrected chi connectivity index (χ0v) is 15.2. The minimum atomic E-state index is -4.02. The van der Waals surface area contributed by atoms with Crippen LogP contribution in [0, 0.1) is 6.92 Å². The van der Waals surface area contributed by atoms with Crippen LogP contribution in [0.3, 0.4) is 0 Å². The van der Waals surface area contributed by atoms with Crippen molar-refractivity contribution in [2.24, 2.45) is 5.84 Å². The molecule has 0 spiro atoms. The van der Waals surface area contributed by atoms with Gasteiger partial charge in [-0.1, -0.05) is 18.2 Å². The Kier molecular flexibility index (Phi) is 5.96. The quantitative estimate of drug-likeness (QED) is 0.396. The summed E-state index contributed by atoms with van der Waals surface area (Å²) < 4.78 is 27.2. The number of nitrogens with two attached hydrogens (primary N) is 1. The largest absolute Gasteiger partial charge is 0.326 e. The fourth-order valence-electron chi connectivity index (χ4n) is 2.36. The van der Waals surface area contributed by atoms with Gasteiger partial charge in [0.2, 0.25) is 5.91 Å². The van der Waals surface area contributed by atoms with Gasteiger partial charge in [-0.25, -0.2) is 14.3 Å². The molecule has 2 rings (SSSR count). The molecule has 8 nitrogen and oxygen atoms in total. The SMILES string of the molecule is CC(=O)Nc1ccc(S(=O)(=O)N(CC(=O)NN)c2ccccc2C)cc1. The highest BCUT2D eigenvalue weighted by molar-refractivity contribution is 7.92. The van der Waals surface area contributed by atoms with Gasteiger partial charge in [-0.3, -0.25) is 19.3 Å². The second kappa shape index (κ2) is 7.98. The first kappa shape index (κ1) is 19.4. The number of hydrazine groups is 1. The molecule has 26 heavy (non-hydrogen) atoms. The van der Waals surface area contributed by atoms with Crippen LogP contribution >= 0.6 is 0 Å². The molecule has 0 atom stereocenters. The second-order valence-corrected chi connectivity index (χ2v) is 7.43. The van der Waals surface area contributed by atoms with E-state index in [9.17, 15) is 18.0 Å². The van der Waals surface area contributed by atoms with Gasteiger partial charge in [-0.15, -0.1) is 0 Å². The maximum Gasteiger partial charge on any atom is 0.264 e. The van der Waals surface area contributed by atoms with E-state index in [0.29, 0.717) is 16.9 Å². The number of carbonyl (C=O) groups is 2. The van der Waals surface area contributed by atoms with E-state index in [1.54, 1.807) is 31.2 Å². The summed E-state index contributed by atoms with van der Waals surface area (Å²) in [5.41, 5.74) is 3.48. The molecule has 9 heteroatoms. The molecule has 0 aliphatic carbocycles. The lowest BCUT2D eigenvalue weighted by Gasteiger charge is -2.25. The number of para-hydroxylation sites is 1. The molecule has 2 amide bonds. The number of benzene rings is 2. The van der Waals surface area contributed by atoms with Gasteiger partial charge in [-0.05, 0) is 42.8 Å². The van der Waals surface area contributed by atoms with E-state index in [-0.39, 0.29) is 10.8 Å². The molecule has 0 aliphatic heterocycles. The van der Waals surface area contributed by atoms with E-state index >= 15 is 0 Å². The van der Waals surface area contributed by atoms with Gasteiger partial charge >= 0.3 is 0 Å². The highest BCUT2D eigenvalue weighted by atomic mass is 32.2. The first-order chi connectivity index (χ1) is 12.3. The van der Waals surface area contributed by atoms with Crippen molar-refractivity contribution in [3.05, 3.63) is 54.1 Å². The lowest BCUT2D eigenvalue weighted by atomic mass is 10.2. The van der Waals surface area contributed by atoms with Gasteiger partial charge in [-0.2, -0.15) is 0 Å². The van der Waals surface area contributed by atoms with Crippen LogP contribution in [-0.2, 0) is 19.6 Å². The number of hydrogen-bond donors (Lipinski definition) is 3. The number of sulfonamides is 1. The van der Waals surface area contributed by atoms with Gasteiger partial charge in [0.05, 0.1) is 10.6 Å². The number of hydrogen-bond acceptors (Lipinski definition) is 5. The molecular formula is C17H20N4O4S. The van der Waals surface area contributed by atoms with Crippen LogP contribution in [-0.4, -0.2) is 26.8 Å². The summed E-state index contributed by atoms with van der Waals surface area (Å²) in [6, 6.07) is 12.5. The van der Waals surface area contributed by atoms with Crippen molar-refractivity contribution >= 4 is 33.2 Å². The fraction of sp³-hybridized carbons (Fsp3) is 0.176. The smallest absolute Gasteiger partial charge is 0.264 e. The first-order valence-electron chi connectivity index (χ1n) is 7.71. The Balaban J connectivity index is 2.47. The van der Waals surface area contributed by atoms with E-state index in [1.807, 2.05) is 5.43 Å². The van der Waals surface area contributed by atoms with E-state index < -0.39 is 22.5 Å². The average Bonchev–Trinajstić information content (AvgIpc) is 2.60. The predicted molar refractivity (Wildman–Crippen MR) is 98.8 cm³/mol. The van der Waals surface area contributed by atoms with Crippen LogP contribution in [0.2, 0.25) is 0 Å². The molecule has 0 saturated heterocycles. The van der Waals surface area contributed by atoms with E-state index in [4.69, 9.17) is 5.84 Å². The topological polar surface area (TPSA) is 122 Å². The van der Waals surface area contributed by atoms with Crippen molar-refractivity contribution < 1.29 is 18.0 Å². The molecule has 0 bridgehead atoms. The summed E-state index contributed by atoms with van der Waals surface area (Å²) in [6.45, 7) is 2.64. The molecule has 4 N–H and O–H groups in total. The van der Waals surface area contributed by atoms with Crippen molar-refractivity contribution in [2.45, 2.75) is 18.7 Å². The van der Waals surface area contributed by atoms with Gasteiger partial charge < -0.3 is 5.32 Å². The Labute approximate surface area is 152 Å². The van der Waals surface area contributed by atoms with Crippen molar-refractivity contribution in [1.82, 2.24) is 5.43 Å². The summed E-state index contributed by atoms with van der Waals surface area (Å²) in [5.74, 6) is 4.21. The van der Waals surface area contributed by atoms with Crippen LogP contribution in [0.15, 0.2) is 53.4 Å².